The van der Waals surface area contributed by atoms with E-state index in [9.17, 15) is 9.90 Å². The van der Waals surface area contributed by atoms with Crippen LogP contribution in [0.2, 0.25) is 0 Å². The van der Waals surface area contributed by atoms with E-state index in [1.165, 1.54) is 0 Å². The van der Waals surface area contributed by atoms with Crippen molar-refractivity contribution in [3.63, 3.8) is 0 Å². The van der Waals surface area contributed by atoms with Crippen LogP contribution in [-0.4, -0.2) is 10.1 Å². The summed E-state index contributed by atoms with van der Waals surface area (Å²) in [4.78, 5) is 17.1. The molecular formula is C21H18N2O4. The van der Waals surface area contributed by atoms with Crippen LogP contribution in [0.5, 0.6) is 17.4 Å². The van der Waals surface area contributed by atoms with Crippen LogP contribution in [0.15, 0.2) is 45.6 Å². The average molecular weight is 362 g/mol. The molecule has 0 spiro atoms. The normalized spacial score (nSPS) is 15.8. The molecule has 2 aromatic carbocycles. The van der Waals surface area contributed by atoms with Gasteiger partial charge in [0.25, 0.3) is 0 Å². The fourth-order valence-corrected chi connectivity index (χ4v) is 3.64. The molecule has 4 rings (SSSR count). The first-order valence-corrected chi connectivity index (χ1v) is 8.76. The van der Waals surface area contributed by atoms with E-state index in [1.54, 1.807) is 18.2 Å². The highest BCUT2D eigenvalue weighted by atomic mass is 16.5. The molecule has 2 N–H and O–H groups in total. The minimum absolute atomic E-state index is 0.151. The van der Waals surface area contributed by atoms with E-state index in [4.69, 9.17) is 15.7 Å². The molecule has 0 unspecified atom stereocenters. The summed E-state index contributed by atoms with van der Waals surface area (Å²) in [5.41, 5.74) is 3.63. The van der Waals surface area contributed by atoms with Crippen LogP contribution < -0.4 is 10.5 Å². The summed E-state index contributed by atoms with van der Waals surface area (Å²) in [5, 5.41) is 9.94. The van der Waals surface area contributed by atoms with Gasteiger partial charge in [-0.2, -0.15) is 0 Å². The van der Waals surface area contributed by atoms with E-state index in [-0.39, 0.29) is 11.8 Å². The average Bonchev–Trinajstić information content (AvgIpc) is 3.00. The number of aromatic hydroxyl groups is 1. The molecule has 136 valence electrons. The number of fused-ring (bicyclic) bond motifs is 1. The van der Waals surface area contributed by atoms with E-state index in [2.05, 4.69) is 9.83 Å². The topological polar surface area (TPSA) is 79.8 Å². The third-order valence-corrected chi connectivity index (χ3v) is 4.92. The minimum atomic E-state index is -0.645. The molecule has 0 fully saturated rings. The van der Waals surface area contributed by atoms with Gasteiger partial charge in [-0.15, -0.1) is 0 Å². The smallest absolute Gasteiger partial charge is 0.419 e. The van der Waals surface area contributed by atoms with Crippen LogP contribution in [-0.2, 0) is 6.42 Å². The van der Waals surface area contributed by atoms with Crippen molar-refractivity contribution < 1.29 is 14.3 Å². The van der Waals surface area contributed by atoms with Gasteiger partial charge in [-0.1, -0.05) is 12.1 Å². The zero-order valence-corrected chi connectivity index (χ0v) is 14.8. The Morgan fingerprint density at radius 3 is 2.85 bits per heavy atom. The van der Waals surface area contributed by atoms with Gasteiger partial charge < -0.3 is 14.3 Å². The number of ether oxygens (including phenoxy) is 1. The quantitative estimate of drug-likeness (QED) is 0.656. The fraction of sp³-hybridized carbons (Fsp3) is 0.238. The Kier molecular flexibility index (Phi) is 4.21. The lowest BCUT2D eigenvalue weighted by molar-refractivity contribution is 0.394. The number of aromatic nitrogens is 1. The van der Waals surface area contributed by atoms with Gasteiger partial charge in [0.1, 0.15) is 11.5 Å². The second-order valence-corrected chi connectivity index (χ2v) is 6.70. The lowest BCUT2D eigenvalue weighted by Crippen LogP contribution is -2.11. The third-order valence-electron chi connectivity index (χ3n) is 4.92. The lowest BCUT2D eigenvalue weighted by atomic mass is 9.81. The number of hydrogen-bond donors (Lipinski definition) is 2. The van der Waals surface area contributed by atoms with Crippen molar-refractivity contribution in [2.45, 2.75) is 32.1 Å². The van der Waals surface area contributed by atoms with Crippen molar-refractivity contribution in [2.75, 3.05) is 0 Å². The molecule has 0 aliphatic heterocycles. The zero-order chi connectivity index (χ0) is 19.0. The van der Waals surface area contributed by atoms with E-state index < -0.39 is 5.76 Å². The predicted molar refractivity (Wildman–Crippen MR) is 99.7 cm³/mol. The van der Waals surface area contributed by atoms with Crippen molar-refractivity contribution >= 4 is 5.69 Å². The molecule has 1 aromatic heterocycles. The maximum atomic E-state index is 11.4. The van der Waals surface area contributed by atoms with Gasteiger partial charge in [-0.05, 0) is 67.1 Å². The third kappa shape index (κ3) is 3.20. The standard InChI is InChI=1S/C21H18N2O4/c1-12-10-14(22-2)6-9-18(12)26-15-7-8-16-13(11-15)4-3-5-17(16)19-20(24)23-21(25)27-19/h6-11,17,24H,3-5H2,1H3,(H,23,25)/t17-/m1/s1. The van der Waals surface area contributed by atoms with Crippen molar-refractivity contribution in [3.05, 3.63) is 80.8 Å². The Morgan fingerprint density at radius 2 is 2.15 bits per heavy atom. The molecule has 0 amide bonds. The summed E-state index contributed by atoms with van der Waals surface area (Å²) >= 11 is 0. The zero-order valence-electron chi connectivity index (χ0n) is 14.8. The van der Waals surface area contributed by atoms with Gasteiger partial charge in [-0.25, -0.2) is 9.64 Å². The van der Waals surface area contributed by atoms with Crippen molar-refractivity contribution in [3.8, 4) is 17.4 Å². The van der Waals surface area contributed by atoms with E-state index in [1.807, 2.05) is 25.1 Å². The maximum Gasteiger partial charge on any atom is 0.419 e. The van der Waals surface area contributed by atoms with Crippen LogP contribution in [0.4, 0.5) is 5.69 Å². The maximum absolute atomic E-state index is 11.4. The SMILES string of the molecule is [C-]#[N+]c1ccc(Oc2ccc3c(c2)CCC[C@H]3c2oc(=O)[nH]c2O)c(C)c1. The molecule has 0 bridgehead atoms. The number of H-pyrrole nitrogens is 1. The van der Waals surface area contributed by atoms with E-state index in [0.717, 1.165) is 36.0 Å². The Balaban J connectivity index is 1.65. The van der Waals surface area contributed by atoms with E-state index in [0.29, 0.717) is 22.9 Å². The molecular weight excluding hydrogens is 344 g/mol. The Labute approximate surface area is 155 Å². The summed E-state index contributed by atoms with van der Waals surface area (Å²) in [6.07, 6.45) is 2.63. The summed E-state index contributed by atoms with van der Waals surface area (Å²) < 4.78 is 11.2. The van der Waals surface area contributed by atoms with E-state index >= 15 is 0 Å². The van der Waals surface area contributed by atoms with Gasteiger partial charge in [0.15, 0.2) is 11.4 Å². The van der Waals surface area contributed by atoms with Crippen molar-refractivity contribution in [1.82, 2.24) is 4.98 Å². The molecule has 6 nitrogen and oxygen atoms in total. The lowest BCUT2D eigenvalue weighted by Gasteiger charge is -2.24. The Hall–Kier alpha value is -3.46. The molecule has 1 aliphatic rings. The number of benzene rings is 2. The monoisotopic (exact) mass is 362 g/mol. The molecule has 3 aromatic rings. The summed E-state index contributed by atoms with van der Waals surface area (Å²) in [7, 11) is 0. The molecule has 0 saturated heterocycles. The van der Waals surface area contributed by atoms with Crippen LogP contribution in [0.25, 0.3) is 4.85 Å². The number of rotatable bonds is 3. The molecule has 1 heterocycles. The molecule has 0 radical (unpaired) electrons. The van der Waals surface area contributed by atoms with Gasteiger partial charge in [0, 0.05) is 5.92 Å². The summed E-state index contributed by atoms with van der Waals surface area (Å²) in [6.45, 7) is 8.99. The fourth-order valence-electron chi connectivity index (χ4n) is 3.64. The number of oxazole rings is 1. The summed E-state index contributed by atoms with van der Waals surface area (Å²) in [5.74, 6) is 0.722. The van der Waals surface area contributed by atoms with Gasteiger partial charge in [-0.3, -0.25) is 4.98 Å². The predicted octanol–water partition coefficient (Wildman–Crippen LogP) is 4.79. The first-order chi connectivity index (χ1) is 13.0. The molecule has 1 atom stereocenters. The largest absolute Gasteiger partial charge is 0.492 e. The first-order valence-electron chi connectivity index (χ1n) is 8.76. The highest BCUT2D eigenvalue weighted by Crippen LogP contribution is 2.41. The van der Waals surface area contributed by atoms with Crippen molar-refractivity contribution in [2.24, 2.45) is 0 Å². The number of nitrogens with zero attached hydrogens (tertiary/aromatic N) is 1. The van der Waals surface area contributed by atoms with Crippen LogP contribution in [0.1, 0.15) is 41.2 Å². The van der Waals surface area contributed by atoms with Gasteiger partial charge in [0.2, 0.25) is 5.88 Å². The van der Waals surface area contributed by atoms with Gasteiger partial charge >= 0.3 is 5.76 Å². The second-order valence-electron chi connectivity index (χ2n) is 6.70. The van der Waals surface area contributed by atoms with Crippen LogP contribution in [0.3, 0.4) is 0 Å². The second kappa shape index (κ2) is 6.69. The molecule has 27 heavy (non-hydrogen) atoms. The van der Waals surface area contributed by atoms with Crippen LogP contribution in [0, 0.1) is 13.5 Å². The van der Waals surface area contributed by atoms with Crippen LogP contribution >= 0.6 is 0 Å². The minimum Gasteiger partial charge on any atom is -0.492 e. The molecule has 1 aliphatic carbocycles. The molecule has 0 saturated carbocycles. The number of aromatic amines is 1. The highest BCUT2D eigenvalue weighted by molar-refractivity contribution is 5.53. The number of hydrogen-bond acceptors (Lipinski definition) is 4. The highest BCUT2D eigenvalue weighted by Gasteiger charge is 2.28. The summed E-state index contributed by atoms with van der Waals surface area (Å²) in [6, 6.07) is 11.2. The molecule has 6 heteroatoms. The first kappa shape index (κ1) is 17.0. The number of nitrogens with one attached hydrogen (secondary N) is 1. The number of aryl methyl sites for hydroxylation is 2. The van der Waals surface area contributed by atoms with Crippen molar-refractivity contribution in [1.29, 1.82) is 0 Å². The Bertz CT molecular complexity index is 1100. The Morgan fingerprint density at radius 1 is 1.30 bits per heavy atom. The van der Waals surface area contributed by atoms with Gasteiger partial charge in [0.05, 0.1) is 6.57 Å².